The Labute approximate surface area is 136 Å². The Morgan fingerprint density at radius 2 is 2.05 bits per heavy atom. The molecule has 110 valence electrons. The lowest BCUT2D eigenvalue weighted by atomic mass is 10.0. The van der Waals surface area contributed by atoms with E-state index >= 15 is 0 Å². The van der Waals surface area contributed by atoms with E-state index in [1.165, 1.54) is 6.07 Å². The molecule has 4 nitrogen and oxygen atoms in total. The number of hydrogen-bond acceptors (Lipinski definition) is 3. The van der Waals surface area contributed by atoms with Crippen LogP contribution in [0.1, 0.15) is 16.0 Å². The summed E-state index contributed by atoms with van der Waals surface area (Å²) in [4.78, 5) is 10.6. The van der Waals surface area contributed by atoms with Crippen LogP contribution in [-0.4, -0.2) is 12.0 Å². The molecule has 0 aliphatic carbocycles. The van der Waals surface area contributed by atoms with Crippen molar-refractivity contribution in [2.45, 2.75) is 11.2 Å². The maximum Gasteiger partial charge on any atom is 0.272 e. The molecule has 21 heavy (non-hydrogen) atoms. The highest BCUT2D eigenvalue weighted by Gasteiger charge is 2.19. The van der Waals surface area contributed by atoms with Gasteiger partial charge in [0.15, 0.2) is 0 Å². The topological polar surface area (TPSA) is 52.4 Å². The maximum absolute atomic E-state index is 11.1. The zero-order valence-electron chi connectivity index (χ0n) is 11.3. The van der Waals surface area contributed by atoms with Gasteiger partial charge < -0.3 is 4.74 Å². The lowest BCUT2D eigenvalue weighted by Gasteiger charge is -2.15. The second kappa shape index (κ2) is 6.91. The van der Waals surface area contributed by atoms with Crippen LogP contribution in [0.4, 0.5) is 5.69 Å². The number of nitro benzene ring substituents is 1. The first kappa shape index (κ1) is 15.8. The summed E-state index contributed by atoms with van der Waals surface area (Å²) in [6.45, 7) is 0. The van der Waals surface area contributed by atoms with E-state index in [9.17, 15) is 10.1 Å². The number of alkyl halides is 1. The molecule has 0 saturated heterocycles. The minimum atomic E-state index is -0.371. The van der Waals surface area contributed by atoms with E-state index in [1.54, 1.807) is 43.5 Å². The van der Waals surface area contributed by atoms with Crippen LogP contribution < -0.4 is 4.74 Å². The van der Waals surface area contributed by atoms with E-state index in [1.807, 2.05) is 0 Å². The molecule has 0 aliphatic rings. The van der Waals surface area contributed by atoms with Gasteiger partial charge in [-0.3, -0.25) is 10.1 Å². The highest BCUT2D eigenvalue weighted by Crippen LogP contribution is 2.37. The number of ether oxygens (including phenoxy) is 1. The molecule has 1 unspecified atom stereocenters. The van der Waals surface area contributed by atoms with E-state index < -0.39 is 0 Å². The Balaban J connectivity index is 2.32. The molecule has 2 rings (SSSR count). The van der Waals surface area contributed by atoms with E-state index in [0.29, 0.717) is 22.8 Å². The molecule has 0 N–H and O–H groups in total. The zero-order valence-corrected chi connectivity index (χ0v) is 13.6. The molecule has 0 aromatic heterocycles. The van der Waals surface area contributed by atoms with Crippen molar-refractivity contribution in [1.29, 1.82) is 0 Å². The van der Waals surface area contributed by atoms with Crippen molar-refractivity contribution < 1.29 is 9.66 Å². The van der Waals surface area contributed by atoms with Crippen molar-refractivity contribution in [2.24, 2.45) is 0 Å². The van der Waals surface area contributed by atoms with Gasteiger partial charge in [0, 0.05) is 27.0 Å². The molecule has 0 heterocycles. The third kappa shape index (κ3) is 3.74. The van der Waals surface area contributed by atoms with Gasteiger partial charge in [-0.2, -0.15) is 0 Å². The molecule has 0 bridgehead atoms. The summed E-state index contributed by atoms with van der Waals surface area (Å²) in [5.41, 5.74) is 1.64. The standard InChI is InChI=1S/C15H13BrClNO3/c1-21-15-7-6-11(17)9-12(15)13(16)8-10-4-2-3-5-14(10)18(19)20/h2-7,9,13H,8H2,1H3. The maximum atomic E-state index is 11.1. The molecule has 0 spiro atoms. The first-order chi connectivity index (χ1) is 10.0. The van der Waals surface area contributed by atoms with Gasteiger partial charge in [0.05, 0.1) is 12.0 Å². The van der Waals surface area contributed by atoms with Gasteiger partial charge in [0.2, 0.25) is 0 Å². The number of rotatable bonds is 5. The van der Waals surface area contributed by atoms with Gasteiger partial charge in [-0.25, -0.2) is 0 Å². The molecular weight excluding hydrogens is 358 g/mol. The Morgan fingerprint density at radius 3 is 2.71 bits per heavy atom. The summed E-state index contributed by atoms with van der Waals surface area (Å²) in [7, 11) is 1.58. The lowest BCUT2D eigenvalue weighted by molar-refractivity contribution is -0.385. The Kier molecular flexibility index (Phi) is 5.20. The van der Waals surface area contributed by atoms with Gasteiger partial charge in [-0.15, -0.1) is 0 Å². The monoisotopic (exact) mass is 369 g/mol. The van der Waals surface area contributed by atoms with Crippen molar-refractivity contribution in [2.75, 3.05) is 7.11 Å². The predicted molar refractivity (Wildman–Crippen MR) is 86.5 cm³/mol. The van der Waals surface area contributed by atoms with E-state index in [4.69, 9.17) is 16.3 Å². The Bertz CT molecular complexity index is 663. The number of hydrogen-bond donors (Lipinski definition) is 0. The van der Waals surface area contributed by atoms with Gasteiger partial charge >= 0.3 is 0 Å². The van der Waals surface area contributed by atoms with Gasteiger partial charge in [0.1, 0.15) is 5.75 Å². The van der Waals surface area contributed by atoms with Gasteiger partial charge in [-0.05, 0) is 24.6 Å². The summed E-state index contributed by atoms with van der Waals surface area (Å²) in [6, 6.07) is 12.0. The number of para-hydroxylation sites is 1. The lowest BCUT2D eigenvalue weighted by Crippen LogP contribution is -2.02. The Morgan fingerprint density at radius 1 is 1.33 bits per heavy atom. The quantitative estimate of drug-likeness (QED) is 0.426. The number of nitrogens with zero attached hydrogens (tertiary/aromatic N) is 1. The van der Waals surface area contributed by atoms with Crippen molar-refractivity contribution in [3.8, 4) is 5.75 Å². The first-order valence-electron chi connectivity index (χ1n) is 6.22. The number of benzene rings is 2. The highest BCUT2D eigenvalue weighted by atomic mass is 79.9. The van der Waals surface area contributed by atoms with Crippen LogP contribution in [0.2, 0.25) is 5.02 Å². The average Bonchev–Trinajstić information content (AvgIpc) is 2.47. The number of halogens is 2. The van der Waals surface area contributed by atoms with Crippen molar-refractivity contribution in [1.82, 2.24) is 0 Å². The van der Waals surface area contributed by atoms with Crippen molar-refractivity contribution in [3.05, 3.63) is 68.7 Å². The third-order valence-corrected chi connectivity index (χ3v) is 4.17. The molecule has 6 heteroatoms. The van der Waals surface area contributed by atoms with Crippen molar-refractivity contribution in [3.63, 3.8) is 0 Å². The molecular formula is C15H13BrClNO3. The van der Waals surface area contributed by atoms with Crippen LogP contribution in [0.15, 0.2) is 42.5 Å². The first-order valence-corrected chi connectivity index (χ1v) is 7.52. The normalized spacial score (nSPS) is 12.0. The smallest absolute Gasteiger partial charge is 0.272 e. The summed E-state index contributed by atoms with van der Waals surface area (Å²) in [5, 5.41) is 11.7. The van der Waals surface area contributed by atoms with Gasteiger partial charge in [-0.1, -0.05) is 45.7 Å². The molecule has 2 aromatic carbocycles. The van der Waals surface area contributed by atoms with Crippen LogP contribution in [0.5, 0.6) is 5.75 Å². The molecule has 0 fully saturated rings. The number of methoxy groups -OCH3 is 1. The minimum absolute atomic E-state index is 0.114. The third-order valence-electron chi connectivity index (χ3n) is 3.12. The van der Waals surface area contributed by atoms with Crippen LogP contribution in [-0.2, 0) is 6.42 Å². The molecule has 2 aromatic rings. The average molecular weight is 371 g/mol. The minimum Gasteiger partial charge on any atom is -0.496 e. The fourth-order valence-corrected chi connectivity index (χ4v) is 3.00. The number of nitro groups is 1. The Hall–Kier alpha value is -1.59. The van der Waals surface area contributed by atoms with E-state index in [-0.39, 0.29) is 15.4 Å². The second-order valence-corrected chi connectivity index (χ2v) is 5.99. The summed E-state index contributed by atoms with van der Waals surface area (Å²) in [5.74, 6) is 0.694. The second-order valence-electron chi connectivity index (χ2n) is 4.44. The fraction of sp³-hybridized carbons (Fsp3) is 0.200. The van der Waals surface area contributed by atoms with Crippen LogP contribution in [0, 0.1) is 10.1 Å². The van der Waals surface area contributed by atoms with E-state index in [0.717, 1.165) is 5.56 Å². The van der Waals surface area contributed by atoms with Gasteiger partial charge in [0.25, 0.3) is 5.69 Å². The van der Waals surface area contributed by atoms with Crippen LogP contribution in [0.3, 0.4) is 0 Å². The largest absolute Gasteiger partial charge is 0.496 e. The van der Waals surface area contributed by atoms with E-state index in [2.05, 4.69) is 15.9 Å². The molecule has 0 saturated carbocycles. The molecule has 1 atom stereocenters. The SMILES string of the molecule is COc1ccc(Cl)cc1C(Br)Cc1ccccc1[N+](=O)[O-]. The summed E-state index contributed by atoms with van der Waals surface area (Å²) >= 11 is 9.59. The van der Waals surface area contributed by atoms with Crippen molar-refractivity contribution >= 4 is 33.2 Å². The molecule has 0 aliphatic heterocycles. The summed E-state index contributed by atoms with van der Waals surface area (Å²) in [6.07, 6.45) is 0.466. The zero-order chi connectivity index (χ0) is 15.4. The summed E-state index contributed by atoms with van der Waals surface area (Å²) < 4.78 is 5.31. The predicted octanol–water partition coefficient (Wildman–Crippen LogP) is 4.94. The highest BCUT2D eigenvalue weighted by molar-refractivity contribution is 9.09. The molecule has 0 amide bonds. The van der Waals surface area contributed by atoms with Crippen LogP contribution >= 0.6 is 27.5 Å². The van der Waals surface area contributed by atoms with Crippen LogP contribution in [0.25, 0.3) is 0 Å². The fourth-order valence-electron chi connectivity index (χ4n) is 2.11. The molecule has 0 radical (unpaired) electrons.